The number of fused-ring (bicyclic) bond motifs is 1. The maximum absolute atomic E-state index is 13.6. The molecule has 0 saturated heterocycles. The molecule has 1 aromatic heterocycles. The highest BCUT2D eigenvalue weighted by molar-refractivity contribution is 6.30. The number of phenols is 1. The molecule has 1 unspecified atom stereocenters. The number of aromatic nitrogens is 2. The zero-order valence-corrected chi connectivity index (χ0v) is 18.9. The molecular formula is C26H22ClN3O3. The van der Waals surface area contributed by atoms with Crippen molar-refractivity contribution in [3.05, 3.63) is 94.1 Å². The number of aryl methyl sites for hydroxylation is 1. The molecule has 0 saturated carbocycles. The molecule has 166 valence electrons. The van der Waals surface area contributed by atoms with E-state index in [1.807, 2.05) is 50.2 Å². The maximum atomic E-state index is 13.6. The van der Waals surface area contributed by atoms with Gasteiger partial charge in [0.15, 0.2) is 11.5 Å². The lowest BCUT2D eigenvalue weighted by molar-refractivity contribution is 0.0988. The van der Waals surface area contributed by atoms with Crippen molar-refractivity contribution in [1.29, 1.82) is 0 Å². The molecule has 1 amide bonds. The van der Waals surface area contributed by atoms with E-state index in [0.29, 0.717) is 34.5 Å². The van der Waals surface area contributed by atoms with Gasteiger partial charge in [0.05, 0.1) is 18.3 Å². The number of aromatic amines is 1. The number of phenolic OH excluding ortho intramolecular Hbond substituents is 1. The molecule has 33 heavy (non-hydrogen) atoms. The predicted molar refractivity (Wildman–Crippen MR) is 128 cm³/mol. The lowest BCUT2D eigenvalue weighted by atomic mass is 9.95. The van der Waals surface area contributed by atoms with Crippen LogP contribution in [0.2, 0.25) is 5.02 Å². The Morgan fingerprint density at radius 1 is 1.09 bits per heavy atom. The van der Waals surface area contributed by atoms with Crippen molar-refractivity contribution in [3.8, 4) is 22.8 Å². The fraction of sp³-hybridized carbons (Fsp3) is 0.154. The second-order valence-electron chi connectivity index (χ2n) is 7.94. The van der Waals surface area contributed by atoms with E-state index in [1.165, 1.54) is 0 Å². The van der Waals surface area contributed by atoms with E-state index in [4.69, 9.17) is 16.3 Å². The third kappa shape index (κ3) is 3.62. The average molecular weight is 460 g/mol. The molecule has 0 fully saturated rings. The van der Waals surface area contributed by atoms with Crippen LogP contribution in [0.5, 0.6) is 11.5 Å². The Balaban J connectivity index is 1.72. The fourth-order valence-electron chi connectivity index (χ4n) is 4.23. The number of hydrogen-bond acceptors (Lipinski definition) is 4. The van der Waals surface area contributed by atoms with Gasteiger partial charge in [0.1, 0.15) is 5.69 Å². The van der Waals surface area contributed by atoms with Crippen LogP contribution in [-0.2, 0) is 0 Å². The first kappa shape index (κ1) is 21.1. The number of aromatic hydroxyl groups is 1. The summed E-state index contributed by atoms with van der Waals surface area (Å²) in [6.45, 7) is 4.29. The monoisotopic (exact) mass is 459 g/mol. The van der Waals surface area contributed by atoms with Crippen molar-refractivity contribution in [1.82, 2.24) is 10.2 Å². The van der Waals surface area contributed by atoms with E-state index in [2.05, 4.69) is 10.2 Å². The minimum Gasteiger partial charge on any atom is -0.504 e. The van der Waals surface area contributed by atoms with E-state index in [9.17, 15) is 9.90 Å². The fourth-order valence-corrected chi connectivity index (χ4v) is 4.36. The number of benzene rings is 3. The summed E-state index contributed by atoms with van der Waals surface area (Å²) >= 11 is 6.10. The van der Waals surface area contributed by atoms with Crippen LogP contribution >= 0.6 is 11.6 Å². The van der Waals surface area contributed by atoms with E-state index < -0.39 is 6.04 Å². The van der Waals surface area contributed by atoms with Gasteiger partial charge in [0, 0.05) is 21.8 Å². The van der Waals surface area contributed by atoms with Crippen LogP contribution in [0.15, 0.2) is 66.7 Å². The molecule has 1 aliphatic rings. The van der Waals surface area contributed by atoms with E-state index in [-0.39, 0.29) is 11.7 Å². The first-order valence-electron chi connectivity index (χ1n) is 10.7. The summed E-state index contributed by atoms with van der Waals surface area (Å²) < 4.78 is 5.62. The minimum absolute atomic E-state index is 0.0501. The van der Waals surface area contributed by atoms with Crippen LogP contribution in [0, 0.1) is 6.92 Å². The van der Waals surface area contributed by atoms with Crippen molar-refractivity contribution in [2.75, 3.05) is 11.5 Å². The van der Waals surface area contributed by atoms with Crippen LogP contribution < -0.4 is 9.64 Å². The van der Waals surface area contributed by atoms with Gasteiger partial charge in [0.2, 0.25) is 0 Å². The van der Waals surface area contributed by atoms with E-state index in [1.54, 1.807) is 35.2 Å². The van der Waals surface area contributed by atoms with Crippen molar-refractivity contribution in [2.45, 2.75) is 19.9 Å². The van der Waals surface area contributed by atoms with Gasteiger partial charge in [-0.2, -0.15) is 5.10 Å². The normalized spacial score (nSPS) is 15.1. The van der Waals surface area contributed by atoms with Crippen LogP contribution in [0.1, 0.15) is 40.1 Å². The number of carbonyl (C=O) groups is 1. The molecule has 5 rings (SSSR count). The van der Waals surface area contributed by atoms with Gasteiger partial charge in [-0.25, -0.2) is 0 Å². The number of rotatable bonds is 5. The summed E-state index contributed by atoms with van der Waals surface area (Å²) in [6.07, 6.45) is 0. The SMILES string of the molecule is CCOc1cc(C2c3c(-c4ccc(C)cc4)n[nH]c3C(=O)N2c2ccc(Cl)cc2)ccc1O. The summed E-state index contributed by atoms with van der Waals surface area (Å²) in [5.41, 5.74) is 5.50. The third-order valence-electron chi connectivity index (χ3n) is 5.80. The Morgan fingerprint density at radius 2 is 1.82 bits per heavy atom. The Bertz CT molecular complexity index is 1330. The number of H-pyrrole nitrogens is 1. The molecular weight excluding hydrogens is 438 g/mol. The molecule has 4 aromatic rings. The highest BCUT2D eigenvalue weighted by atomic mass is 35.5. The Morgan fingerprint density at radius 3 is 2.52 bits per heavy atom. The van der Waals surface area contributed by atoms with Gasteiger partial charge in [0.25, 0.3) is 5.91 Å². The molecule has 0 aliphatic carbocycles. The number of halogens is 1. The first-order valence-corrected chi connectivity index (χ1v) is 11.1. The minimum atomic E-state index is -0.469. The maximum Gasteiger partial charge on any atom is 0.277 e. The topological polar surface area (TPSA) is 78.5 Å². The van der Waals surface area contributed by atoms with Gasteiger partial charge in [-0.1, -0.05) is 47.5 Å². The number of amides is 1. The molecule has 0 bridgehead atoms. The molecule has 3 aromatic carbocycles. The van der Waals surface area contributed by atoms with Gasteiger partial charge >= 0.3 is 0 Å². The number of nitrogens with zero attached hydrogens (tertiary/aromatic N) is 2. The Kier molecular flexibility index (Phi) is 5.30. The van der Waals surface area contributed by atoms with Crippen LogP contribution in [0.4, 0.5) is 5.69 Å². The molecule has 7 heteroatoms. The predicted octanol–water partition coefficient (Wildman–Crippen LogP) is 5.89. The summed E-state index contributed by atoms with van der Waals surface area (Å²) in [4.78, 5) is 15.3. The van der Waals surface area contributed by atoms with Crippen LogP contribution in [0.25, 0.3) is 11.3 Å². The smallest absolute Gasteiger partial charge is 0.277 e. The summed E-state index contributed by atoms with van der Waals surface area (Å²) in [5.74, 6) is 0.232. The van der Waals surface area contributed by atoms with Gasteiger partial charge in [-0.05, 0) is 55.8 Å². The lowest BCUT2D eigenvalue weighted by Crippen LogP contribution is -2.29. The largest absolute Gasteiger partial charge is 0.504 e. The summed E-state index contributed by atoms with van der Waals surface area (Å²) in [6, 6.07) is 19.9. The van der Waals surface area contributed by atoms with Crippen LogP contribution in [0.3, 0.4) is 0 Å². The summed E-state index contributed by atoms with van der Waals surface area (Å²) in [5, 5.41) is 18.3. The average Bonchev–Trinajstić information content (AvgIpc) is 3.36. The molecule has 0 radical (unpaired) electrons. The standard InChI is InChI=1S/C26H22ClN3O3/c1-3-33-21-14-17(8-13-20(21)31)25-22-23(16-6-4-15(2)5-7-16)28-29-24(22)26(32)30(25)19-11-9-18(27)10-12-19/h4-14,25,31H,3H2,1-2H3,(H,28,29). The highest BCUT2D eigenvalue weighted by Gasteiger charge is 2.43. The van der Waals surface area contributed by atoms with Crippen molar-refractivity contribution >= 4 is 23.2 Å². The molecule has 6 nitrogen and oxygen atoms in total. The zero-order valence-electron chi connectivity index (χ0n) is 18.2. The number of nitrogens with one attached hydrogen (secondary N) is 1. The lowest BCUT2D eigenvalue weighted by Gasteiger charge is -2.27. The molecule has 2 heterocycles. The molecule has 2 N–H and O–H groups in total. The highest BCUT2D eigenvalue weighted by Crippen LogP contribution is 2.46. The van der Waals surface area contributed by atoms with Crippen molar-refractivity contribution in [2.24, 2.45) is 0 Å². The van der Waals surface area contributed by atoms with Gasteiger partial charge < -0.3 is 9.84 Å². The quantitative estimate of drug-likeness (QED) is 0.390. The Hall–Kier alpha value is -3.77. The molecule has 0 spiro atoms. The van der Waals surface area contributed by atoms with Gasteiger partial charge in [-0.3, -0.25) is 14.8 Å². The summed E-state index contributed by atoms with van der Waals surface area (Å²) in [7, 11) is 0. The second-order valence-corrected chi connectivity index (χ2v) is 8.38. The van der Waals surface area contributed by atoms with Crippen molar-refractivity contribution < 1.29 is 14.6 Å². The second kappa shape index (κ2) is 8.30. The number of ether oxygens (including phenoxy) is 1. The number of anilines is 1. The zero-order chi connectivity index (χ0) is 23.1. The number of hydrogen-bond donors (Lipinski definition) is 2. The third-order valence-corrected chi connectivity index (χ3v) is 6.05. The number of carbonyl (C=O) groups excluding carboxylic acids is 1. The van der Waals surface area contributed by atoms with Crippen molar-refractivity contribution in [3.63, 3.8) is 0 Å². The van der Waals surface area contributed by atoms with E-state index in [0.717, 1.165) is 22.3 Å². The Labute approximate surface area is 196 Å². The molecule has 1 aliphatic heterocycles. The van der Waals surface area contributed by atoms with Gasteiger partial charge in [-0.15, -0.1) is 0 Å². The first-order chi connectivity index (χ1) is 16.0. The van der Waals surface area contributed by atoms with Crippen LogP contribution in [-0.4, -0.2) is 27.8 Å². The molecule has 1 atom stereocenters. The van der Waals surface area contributed by atoms with E-state index >= 15 is 0 Å².